The van der Waals surface area contributed by atoms with Gasteiger partial charge in [0.05, 0.1) is 31.2 Å². The smallest absolute Gasteiger partial charge is 0.244 e. The van der Waals surface area contributed by atoms with Crippen LogP contribution in [0.5, 0.6) is 11.5 Å². The molecule has 9 nitrogen and oxygen atoms in total. The number of piperazine rings is 1. The first kappa shape index (κ1) is 24.5. The Morgan fingerprint density at radius 3 is 2.42 bits per heavy atom. The topological polar surface area (TPSA) is 103 Å². The Bertz CT molecular complexity index is 1140. The monoisotopic (exact) mass is 472 g/mol. The number of methoxy groups -OCH3 is 2. The molecule has 1 amide bonds. The third kappa shape index (κ3) is 5.63. The molecule has 33 heavy (non-hydrogen) atoms. The molecule has 2 aromatic carbocycles. The summed E-state index contributed by atoms with van der Waals surface area (Å²) in [5.74, 6) is 1.31. The summed E-state index contributed by atoms with van der Waals surface area (Å²) in [6, 6.07) is 13.6. The Labute approximate surface area is 194 Å². The van der Waals surface area contributed by atoms with Crippen molar-refractivity contribution in [3.05, 3.63) is 53.6 Å². The van der Waals surface area contributed by atoms with Gasteiger partial charge in [0.2, 0.25) is 15.9 Å². The quantitative estimate of drug-likeness (QED) is 0.574. The Balaban J connectivity index is 1.58. The summed E-state index contributed by atoms with van der Waals surface area (Å²) in [7, 11) is 1.23. The number of sulfonamides is 1. The molecular weight excluding hydrogens is 444 g/mol. The molecule has 0 radical (unpaired) electrons. The number of hydrogen-bond acceptors (Lipinski definition) is 7. The van der Waals surface area contributed by atoms with E-state index in [9.17, 15) is 18.5 Å². The standard InChI is InChI=1S/C23H28N4O5S/c1-25(16-19-8-9-20(31-2)14-21(19)32-3)17-23(28)26-10-12-27(13-11-26)33(29,30)22-7-5-4-6-18(22)15-24/h4-9,14H,10-13,16-17H2,1-3H3. The molecule has 0 unspecified atom stereocenters. The highest BCUT2D eigenvalue weighted by molar-refractivity contribution is 7.89. The van der Waals surface area contributed by atoms with E-state index in [1.807, 2.05) is 30.1 Å². The third-order valence-corrected chi connectivity index (χ3v) is 7.51. The second-order valence-corrected chi connectivity index (χ2v) is 9.65. The van der Waals surface area contributed by atoms with E-state index in [2.05, 4.69) is 0 Å². The minimum atomic E-state index is -3.79. The minimum Gasteiger partial charge on any atom is -0.497 e. The predicted molar refractivity (Wildman–Crippen MR) is 122 cm³/mol. The Hall–Kier alpha value is -3.13. The van der Waals surface area contributed by atoms with Crippen LogP contribution >= 0.6 is 0 Å². The summed E-state index contributed by atoms with van der Waals surface area (Å²) in [6.07, 6.45) is 0. The summed E-state index contributed by atoms with van der Waals surface area (Å²) in [6.45, 7) is 1.67. The lowest BCUT2D eigenvalue weighted by atomic mass is 10.1. The number of amides is 1. The maximum Gasteiger partial charge on any atom is 0.244 e. The van der Waals surface area contributed by atoms with Crippen LogP contribution in [0.3, 0.4) is 0 Å². The van der Waals surface area contributed by atoms with Gasteiger partial charge in [-0.3, -0.25) is 9.69 Å². The van der Waals surface area contributed by atoms with E-state index in [1.165, 1.54) is 16.4 Å². The van der Waals surface area contributed by atoms with Crippen molar-refractivity contribution in [2.75, 3.05) is 54.0 Å². The number of hydrogen-bond donors (Lipinski definition) is 0. The van der Waals surface area contributed by atoms with Crippen LogP contribution in [-0.2, 0) is 21.4 Å². The number of carbonyl (C=O) groups excluding carboxylic acids is 1. The molecule has 0 aliphatic carbocycles. The second-order valence-electron chi connectivity index (χ2n) is 7.74. The van der Waals surface area contributed by atoms with Crippen molar-refractivity contribution < 1.29 is 22.7 Å². The fraction of sp³-hybridized carbons (Fsp3) is 0.391. The molecule has 0 saturated carbocycles. The zero-order valence-corrected chi connectivity index (χ0v) is 19.8. The van der Waals surface area contributed by atoms with Crippen LogP contribution in [0.2, 0.25) is 0 Å². The lowest BCUT2D eigenvalue weighted by Gasteiger charge is -2.35. The molecule has 1 aliphatic heterocycles. The first-order chi connectivity index (χ1) is 15.8. The van der Waals surface area contributed by atoms with Gasteiger partial charge in [0.25, 0.3) is 0 Å². The van der Waals surface area contributed by atoms with Gasteiger partial charge in [-0.1, -0.05) is 18.2 Å². The lowest BCUT2D eigenvalue weighted by Crippen LogP contribution is -2.52. The summed E-state index contributed by atoms with van der Waals surface area (Å²) in [5.41, 5.74) is 1.05. The van der Waals surface area contributed by atoms with E-state index in [0.717, 1.165) is 5.56 Å². The molecule has 1 saturated heterocycles. The molecule has 176 valence electrons. The summed E-state index contributed by atoms with van der Waals surface area (Å²) >= 11 is 0. The van der Waals surface area contributed by atoms with Gasteiger partial charge in [-0.15, -0.1) is 0 Å². The Morgan fingerprint density at radius 2 is 1.79 bits per heavy atom. The van der Waals surface area contributed by atoms with Crippen LogP contribution < -0.4 is 9.47 Å². The molecule has 1 fully saturated rings. The number of rotatable bonds is 8. The van der Waals surface area contributed by atoms with Crippen molar-refractivity contribution in [1.82, 2.24) is 14.1 Å². The van der Waals surface area contributed by atoms with Crippen LogP contribution in [-0.4, -0.2) is 82.4 Å². The van der Waals surface area contributed by atoms with Gasteiger partial charge in [-0.05, 0) is 25.2 Å². The molecule has 3 rings (SSSR count). The molecule has 0 N–H and O–H groups in total. The van der Waals surface area contributed by atoms with Crippen molar-refractivity contribution >= 4 is 15.9 Å². The normalized spacial score (nSPS) is 14.7. The average molecular weight is 473 g/mol. The zero-order chi connectivity index (χ0) is 24.0. The molecule has 1 aliphatic rings. The number of benzene rings is 2. The largest absolute Gasteiger partial charge is 0.497 e. The maximum absolute atomic E-state index is 13.0. The van der Waals surface area contributed by atoms with Gasteiger partial charge in [0, 0.05) is 44.4 Å². The van der Waals surface area contributed by atoms with E-state index < -0.39 is 10.0 Å². The second kappa shape index (κ2) is 10.7. The van der Waals surface area contributed by atoms with Crippen LogP contribution in [0, 0.1) is 11.3 Å². The van der Waals surface area contributed by atoms with E-state index in [-0.39, 0.29) is 36.0 Å². The molecule has 1 heterocycles. The van der Waals surface area contributed by atoms with E-state index >= 15 is 0 Å². The molecule has 0 spiro atoms. The van der Waals surface area contributed by atoms with Crippen molar-refractivity contribution in [3.63, 3.8) is 0 Å². The van der Waals surface area contributed by atoms with E-state index in [0.29, 0.717) is 31.1 Å². The van der Waals surface area contributed by atoms with Crippen LogP contribution in [0.25, 0.3) is 0 Å². The van der Waals surface area contributed by atoms with Crippen molar-refractivity contribution in [1.29, 1.82) is 5.26 Å². The highest BCUT2D eigenvalue weighted by atomic mass is 32.2. The van der Waals surface area contributed by atoms with Crippen molar-refractivity contribution in [2.24, 2.45) is 0 Å². The first-order valence-corrected chi connectivity index (χ1v) is 11.9. The fourth-order valence-electron chi connectivity index (χ4n) is 3.76. The highest BCUT2D eigenvalue weighted by Gasteiger charge is 2.31. The van der Waals surface area contributed by atoms with Crippen LogP contribution in [0.15, 0.2) is 47.4 Å². The highest BCUT2D eigenvalue weighted by Crippen LogP contribution is 2.25. The average Bonchev–Trinajstić information content (AvgIpc) is 2.84. The molecule has 0 aromatic heterocycles. The van der Waals surface area contributed by atoms with E-state index in [1.54, 1.807) is 37.3 Å². The number of nitriles is 1. The predicted octanol–water partition coefficient (Wildman–Crippen LogP) is 1.54. The number of likely N-dealkylation sites (N-methyl/N-ethyl adjacent to an activating group) is 1. The number of carbonyl (C=O) groups is 1. The Kier molecular flexibility index (Phi) is 7.92. The summed E-state index contributed by atoms with van der Waals surface area (Å²) in [5, 5.41) is 9.24. The number of ether oxygens (including phenoxy) is 2. The SMILES string of the molecule is COc1ccc(CN(C)CC(=O)N2CCN(S(=O)(=O)c3ccccc3C#N)CC2)c(OC)c1. The summed E-state index contributed by atoms with van der Waals surface area (Å²) < 4.78 is 37.9. The van der Waals surface area contributed by atoms with Crippen LogP contribution in [0.1, 0.15) is 11.1 Å². The molecular formula is C23H28N4O5S. The maximum atomic E-state index is 13.0. The zero-order valence-electron chi connectivity index (χ0n) is 19.0. The van der Waals surface area contributed by atoms with Gasteiger partial charge in [-0.25, -0.2) is 8.42 Å². The minimum absolute atomic E-state index is 0.000415. The molecule has 10 heteroatoms. The summed E-state index contributed by atoms with van der Waals surface area (Å²) in [4.78, 5) is 16.4. The number of nitrogens with zero attached hydrogens (tertiary/aromatic N) is 4. The lowest BCUT2D eigenvalue weighted by molar-refractivity contribution is -0.133. The van der Waals surface area contributed by atoms with Gasteiger partial charge in [0.1, 0.15) is 17.6 Å². The third-order valence-electron chi connectivity index (χ3n) is 5.56. The van der Waals surface area contributed by atoms with Crippen molar-refractivity contribution in [3.8, 4) is 17.6 Å². The van der Waals surface area contributed by atoms with E-state index in [4.69, 9.17) is 9.47 Å². The Morgan fingerprint density at radius 1 is 1.09 bits per heavy atom. The fourth-order valence-corrected chi connectivity index (χ4v) is 5.33. The van der Waals surface area contributed by atoms with Gasteiger partial charge < -0.3 is 14.4 Å². The molecule has 2 aromatic rings. The molecule has 0 atom stereocenters. The van der Waals surface area contributed by atoms with Crippen molar-refractivity contribution in [2.45, 2.75) is 11.4 Å². The van der Waals surface area contributed by atoms with Crippen LogP contribution in [0.4, 0.5) is 0 Å². The van der Waals surface area contributed by atoms with Gasteiger partial charge in [-0.2, -0.15) is 9.57 Å². The first-order valence-electron chi connectivity index (χ1n) is 10.5. The molecule has 0 bridgehead atoms. The van der Waals surface area contributed by atoms with Gasteiger partial charge in [0.15, 0.2) is 0 Å². The van der Waals surface area contributed by atoms with Gasteiger partial charge >= 0.3 is 0 Å².